The van der Waals surface area contributed by atoms with Crippen molar-refractivity contribution in [3.8, 4) is 17.5 Å². The Hall–Kier alpha value is -3.46. The Morgan fingerprint density at radius 3 is 2.79 bits per heavy atom. The van der Waals surface area contributed by atoms with Crippen LogP contribution in [-0.2, 0) is 11.3 Å². The van der Waals surface area contributed by atoms with Crippen LogP contribution >= 0.6 is 0 Å². The summed E-state index contributed by atoms with van der Waals surface area (Å²) in [5, 5.41) is 12.7. The van der Waals surface area contributed by atoms with Gasteiger partial charge in [-0.05, 0) is 25.1 Å². The molecule has 0 aliphatic heterocycles. The molecule has 0 atom stereocenters. The number of ether oxygens (including phenoxy) is 1. The van der Waals surface area contributed by atoms with Crippen molar-refractivity contribution in [2.24, 2.45) is 0 Å². The fraction of sp³-hybridized carbons (Fsp3) is 0.111. The Kier molecular flexibility index (Phi) is 4.34. The van der Waals surface area contributed by atoms with Gasteiger partial charge in [-0.3, -0.25) is 0 Å². The lowest BCUT2D eigenvalue weighted by atomic mass is 10.1. The monoisotopic (exact) mass is 319 g/mol. The third kappa shape index (κ3) is 3.47. The largest absolute Gasteiger partial charge is 0.452 e. The molecule has 0 bridgehead atoms. The lowest BCUT2D eigenvalue weighted by Crippen LogP contribution is -2.05. The summed E-state index contributed by atoms with van der Waals surface area (Å²) in [6.45, 7) is 1.86. The molecule has 1 heterocycles. The first-order chi connectivity index (χ1) is 11.7. The molecule has 0 radical (unpaired) electrons. The molecule has 0 saturated carbocycles. The van der Waals surface area contributed by atoms with E-state index in [1.807, 2.05) is 37.3 Å². The number of rotatable bonds is 4. The summed E-state index contributed by atoms with van der Waals surface area (Å²) in [7, 11) is 0. The lowest BCUT2D eigenvalue weighted by Gasteiger charge is -2.01. The molecule has 3 rings (SSSR count). The summed E-state index contributed by atoms with van der Waals surface area (Å²) in [6, 6.07) is 15.9. The molecule has 0 spiro atoms. The minimum Gasteiger partial charge on any atom is -0.452 e. The van der Waals surface area contributed by atoms with Crippen LogP contribution in [0.1, 0.15) is 27.4 Å². The van der Waals surface area contributed by atoms with Crippen LogP contribution in [0.15, 0.2) is 53.1 Å². The Bertz CT molecular complexity index is 908. The van der Waals surface area contributed by atoms with Crippen molar-refractivity contribution < 1.29 is 14.1 Å². The highest BCUT2D eigenvalue weighted by Crippen LogP contribution is 2.17. The van der Waals surface area contributed by atoms with Crippen molar-refractivity contribution in [1.82, 2.24) is 10.1 Å². The molecule has 24 heavy (non-hydrogen) atoms. The first kappa shape index (κ1) is 15.4. The standard InChI is InChI=1S/C18H13N3O3/c1-12-5-7-14(8-6-12)17-20-16(24-21-17)11-23-18(22)15-4-2-3-13(9-15)10-19/h2-9H,11H2,1H3. The molecule has 1 aromatic heterocycles. The highest BCUT2D eigenvalue weighted by molar-refractivity contribution is 5.89. The third-order valence-electron chi connectivity index (χ3n) is 3.33. The van der Waals surface area contributed by atoms with E-state index in [1.165, 1.54) is 6.07 Å². The van der Waals surface area contributed by atoms with Crippen LogP contribution in [-0.4, -0.2) is 16.1 Å². The van der Waals surface area contributed by atoms with Crippen molar-refractivity contribution in [3.63, 3.8) is 0 Å². The molecule has 6 heteroatoms. The van der Waals surface area contributed by atoms with E-state index >= 15 is 0 Å². The van der Waals surface area contributed by atoms with E-state index in [-0.39, 0.29) is 12.5 Å². The van der Waals surface area contributed by atoms with Gasteiger partial charge in [0.1, 0.15) is 0 Å². The quantitative estimate of drug-likeness (QED) is 0.686. The molecule has 0 amide bonds. The first-order valence-electron chi connectivity index (χ1n) is 7.22. The van der Waals surface area contributed by atoms with Gasteiger partial charge in [0.2, 0.25) is 5.82 Å². The van der Waals surface area contributed by atoms with Crippen LogP contribution in [0, 0.1) is 18.3 Å². The van der Waals surface area contributed by atoms with Crippen LogP contribution in [0.3, 0.4) is 0 Å². The van der Waals surface area contributed by atoms with Crippen LogP contribution < -0.4 is 0 Å². The highest BCUT2D eigenvalue weighted by Gasteiger charge is 2.12. The minimum atomic E-state index is -0.554. The van der Waals surface area contributed by atoms with E-state index in [4.69, 9.17) is 14.5 Å². The van der Waals surface area contributed by atoms with Crippen LogP contribution in [0.5, 0.6) is 0 Å². The average Bonchev–Trinajstić information content (AvgIpc) is 3.09. The Morgan fingerprint density at radius 2 is 2.04 bits per heavy atom. The number of carbonyl (C=O) groups excluding carboxylic acids is 1. The van der Waals surface area contributed by atoms with Crippen LogP contribution in [0.4, 0.5) is 0 Å². The zero-order chi connectivity index (χ0) is 16.9. The Morgan fingerprint density at radius 1 is 1.25 bits per heavy atom. The topological polar surface area (TPSA) is 89.0 Å². The summed E-state index contributed by atoms with van der Waals surface area (Å²) in [4.78, 5) is 16.2. The Labute approximate surface area is 138 Å². The number of nitrogens with zero attached hydrogens (tertiary/aromatic N) is 3. The molecule has 0 aliphatic rings. The van der Waals surface area contributed by atoms with Crippen molar-refractivity contribution >= 4 is 5.97 Å². The van der Waals surface area contributed by atoms with Gasteiger partial charge in [-0.2, -0.15) is 10.2 Å². The van der Waals surface area contributed by atoms with Gasteiger partial charge in [0.05, 0.1) is 17.2 Å². The molecule has 0 N–H and O–H groups in total. The van der Waals surface area contributed by atoms with Gasteiger partial charge in [0.25, 0.3) is 5.89 Å². The zero-order valence-electron chi connectivity index (χ0n) is 12.9. The predicted molar refractivity (Wildman–Crippen MR) is 84.7 cm³/mol. The van der Waals surface area contributed by atoms with E-state index in [0.29, 0.717) is 17.0 Å². The van der Waals surface area contributed by atoms with Crippen molar-refractivity contribution in [2.45, 2.75) is 13.5 Å². The van der Waals surface area contributed by atoms with Gasteiger partial charge in [-0.25, -0.2) is 4.79 Å². The number of hydrogen-bond donors (Lipinski definition) is 0. The maximum atomic E-state index is 12.0. The molecular weight excluding hydrogens is 306 g/mol. The maximum absolute atomic E-state index is 12.0. The van der Waals surface area contributed by atoms with E-state index in [1.54, 1.807) is 18.2 Å². The number of carbonyl (C=O) groups is 1. The van der Waals surface area contributed by atoms with Crippen LogP contribution in [0.25, 0.3) is 11.4 Å². The van der Waals surface area contributed by atoms with E-state index in [0.717, 1.165) is 11.1 Å². The number of aryl methyl sites for hydroxylation is 1. The predicted octanol–water partition coefficient (Wildman–Crippen LogP) is 3.27. The summed E-state index contributed by atoms with van der Waals surface area (Å²) in [5.74, 6) is 0.0880. The Balaban J connectivity index is 1.66. The minimum absolute atomic E-state index is 0.130. The normalized spacial score (nSPS) is 10.2. The van der Waals surface area contributed by atoms with Gasteiger partial charge in [0, 0.05) is 5.56 Å². The maximum Gasteiger partial charge on any atom is 0.338 e. The van der Waals surface area contributed by atoms with Gasteiger partial charge >= 0.3 is 5.97 Å². The van der Waals surface area contributed by atoms with Crippen molar-refractivity contribution in [1.29, 1.82) is 5.26 Å². The molecule has 0 unspecified atom stereocenters. The molecule has 0 fully saturated rings. The second kappa shape index (κ2) is 6.75. The summed E-state index contributed by atoms with van der Waals surface area (Å²) >= 11 is 0. The zero-order valence-corrected chi connectivity index (χ0v) is 12.9. The molecule has 3 aromatic rings. The highest BCUT2D eigenvalue weighted by atomic mass is 16.6. The van der Waals surface area contributed by atoms with Gasteiger partial charge in [-0.15, -0.1) is 0 Å². The molecule has 6 nitrogen and oxygen atoms in total. The van der Waals surface area contributed by atoms with Crippen LogP contribution in [0.2, 0.25) is 0 Å². The summed E-state index contributed by atoms with van der Waals surface area (Å²) < 4.78 is 10.2. The summed E-state index contributed by atoms with van der Waals surface area (Å²) in [6.07, 6.45) is 0. The number of aromatic nitrogens is 2. The smallest absolute Gasteiger partial charge is 0.338 e. The third-order valence-corrected chi connectivity index (χ3v) is 3.33. The van der Waals surface area contributed by atoms with Crippen molar-refractivity contribution in [3.05, 3.63) is 71.1 Å². The molecule has 0 saturated heterocycles. The van der Waals surface area contributed by atoms with E-state index < -0.39 is 5.97 Å². The lowest BCUT2D eigenvalue weighted by molar-refractivity contribution is 0.0430. The van der Waals surface area contributed by atoms with E-state index in [2.05, 4.69) is 10.1 Å². The fourth-order valence-corrected chi connectivity index (χ4v) is 2.06. The fourth-order valence-electron chi connectivity index (χ4n) is 2.06. The molecule has 2 aromatic carbocycles. The number of nitriles is 1. The van der Waals surface area contributed by atoms with Gasteiger partial charge in [0.15, 0.2) is 6.61 Å². The number of esters is 1. The average molecular weight is 319 g/mol. The number of benzene rings is 2. The second-order valence-electron chi connectivity index (χ2n) is 5.15. The molecule has 0 aliphatic carbocycles. The first-order valence-corrected chi connectivity index (χ1v) is 7.22. The summed E-state index contributed by atoms with van der Waals surface area (Å²) in [5.41, 5.74) is 2.65. The van der Waals surface area contributed by atoms with Gasteiger partial charge < -0.3 is 9.26 Å². The molecular formula is C18H13N3O3. The van der Waals surface area contributed by atoms with Crippen molar-refractivity contribution in [2.75, 3.05) is 0 Å². The van der Waals surface area contributed by atoms with Gasteiger partial charge in [-0.1, -0.05) is 41.1 Å². The number of hydrogen-bond acceptors (Lipinski definition) is 6. The SMILES string of the molecule is Cc1ccc(-c2noc(COC(=O)c3cccc(C#N)c3)n2)cc1. The second-order valence-corrected chi connectivity index (χ2v) is 5.15. The molecule has 118 valence electrons. The van der Waals surface area contributed by atoms with E-state index in [9.17, 15) is 4.79 Å².